The van der Waals surface area contributed by atoms with Crippen molar-refractivity contribution in [3.63, 3.8) is 0 Å². The molecule has 0 aliphatic carbocycles. The Morgan fingerprint density at radius 1 is 1.60 bits per heavy atom. The van der Waals surface area contributed by atoms with Crippen LogP contribution in [0.4, 0.5) is 4.79 Å². The van der Waals surface area contributed by atoms with Gasteiger partial charge < -0.3 is 20.5 Å². The maximum atomic E-state index is 11.2. The van der Waals surface area contributed by atoms with Crippen LogP contribution in [0.15, 0.2) is 10.9 Å². The van der Waals surface area contributed by atoms with Crippen molar-refractivity contribution in [3.05, 3.63) is 16.6 Å². The molecule has 0 unspecified atom stereocenters. The highest BCUT2D eigenvalue weighted by atomic mass is 32.1. The van der Waals surface area contributed by atoms with Gasteiger partial charge in [-0.15, -0.1) is 11.3 Å². The van der Waals surface area contributed by atoms with Crippen LogP contribution in [0.1, 0.15) is 12.6 Å². The fraction of sp³-hybridized carbons (Fsp3) is 0.455. The fourth-order valence-corrected chi connectivity index (χ4v) is 1.89. The van der Waals surface area contributed by atoms with E-state index in [9.17, 15) is 14.4 Å². The van der Waals surface area contributed by atoms with Crippen molar-refractivity contribution >= 4 is 29.3 Å². The number of carbonyl (C=O) groups is 3. The molecule has 9 heteroatoms. The highest BCUT2D eigenvalue weighted by Crippen LogP contribution is 2.07. The Kier molecular flexibility index (Phi) is 5.91. The van der Waals surface area contributed by atoms with Crippen LogP contribution in [0.2, 0.25) is 0 Å². The average molecular weight is 301 g/mol. The van der Waals surface area contributed by atoms with Crippen LogP contribution in [0.5, 0.6) is 0 Å². The Morgan fingerprint density at radius 3 is 2.65 bits per heavy atom. The van der Waals surface area contributed by atoms with Crippen molar-refractivity contribution in [2.24, 2.45) is 0 Å². The van der Waals surface area contributed by atoms with Gasteiger partial charge in [-0.05, 0) is 13.8 Å². The van der Waals surface area contributed by atoms with Crippen LogP contribution in [0.25, 0.3) is 0 Å². The first-order chi connectivity index (χ1) is 9.40. The third-order valence-electron chi connectivity index (χ3n) is 2.29. The smallest absolute Gasteiger partial charge is 0.408 e. The monoisotopic (exact) mass is 301 g/mol. The Balaban J connectivity index is 0.000000276. The van der Waals surface area contributed by atoms with Crippen LogP contribution in [0, 0.1) is 6.92 Å². The van der Waals surface area contributed by atoms with E-state index in [2.05, 4.69) is 20.4 Å². The summed E-state index contributed by atoms with van der Waals surface area (Å²) in [5.74, 6) is -1.71. The zero-order valence-electron chi connectivity index (χ0n) is 11.0. The summed E-state index contributed by atoms with van der Waals surface area (Å²) in [4.78, 5) is 36.0. The predicted octanol–water partition coefficient (Wildman–Crippen LogP) is 0.136. The SMILES string of the molecule is C[C@@H]1OC(=O)N[C@@H]1C(=O)NCC(=O)O.Cc1cscn1. The molecule has 1 aliphatic heterocycles. The molecule has 0 aromatic carbocycles. The molecular weight excluding hydrogens is 286 g/mol. The molecule has 1 fully saturated rings. The second-order valence-electron chi connectivity index (χ2n) is 3.97. The van der Waals surface area contributed by atoms with Crippen LogP contribution in [-0.4, -0.2) is 46.8 Å². The Morgan fingerprint density at radius 2 is 2.30 bits per heavy atom. The quantitative estimate of drug-likeness (QED) is 0.730. The normalized spacial score (nSPS) is 20.2. The van der Waals surface area contributed by atoms with Gasteiger partial charge in [0.1, 0.15) is 18.7 Å². The maximum Gasteiger partial charge on any atom is 0.408 e. The fourth-order valence-electron chi connectivity index (χ4n) is 1.34. The largest absolute Gasteiger partial charge is 0.480 e. The molecule has 2 atom stereocenters. The Bertz CT molecular complexity index is 476. The molecule has 1 aromatic heterocycles. The number of hydrogen-bond donors (Lipinski definition) is 3. The van der Waals surface area contributed by atoms with Gasteiger partial charge in [-0.3, -0.25) is 14.6 Å². The molecule has 0 bridgehead atoms. The number of nitrogens with zero attached hydrogens (tertiary/aromatic N) is 1. The van der Waals surface area contributed by atoms with Gasteiger partial charge >= 0.3 is 12.1 Å². The first-order valence-corrected chi connectivity index (χ1v) is 6.66. The van der Waals surface area contributed by atoms with Crippen molar-refractivity contribution in [1.29, 1.82) is 0 Å². The van der Waals surface area contributed by atoms with Crippen LogP contribution in [-0.2, 0) is 14.3 Å². The van der Waals surface area contributed by atoms with Gasteiger partial charge in [-0.25, -0.2) is 4.79 Å². The third-order valence-corrected chi connectivity index (χ3v) is 2.99. The zero-order chi connectivity index (χ0) is 15.1. The molecule has 2 rings (SSSR count). The predicted molar refractivity (Wildman–Crippen MR) is 70.4 cm³/mol. The van der Waals surface area contributed by atoms with Gasteiger partial charge in [-0.2, -0.15) is 0 Å². The zero-order valence-corrected chi connectivity index (χ0v) is 11.8. The molecule has 110 valence electrons. The van der Waals surface area contributed by atoms with Crippen LogP contribution >= 0.6 is 11.3 Å². The molecule has 0 spiro atoms. The summed E-state index contributed by atoms with van der Waals surface area (Å²) in [6.45, 7) is 3.05. The lowest BCUT2D eigenvalue weighted by Crippen LogP contribution is -2.46. The molecule has 3 N–H and O–H groups in total. The minimum atomic E-state index is -1.14. The second-order valence-corrected chi connectivity index (χ2v) is 4.69. The summed E-state index contributed by atoms with van der Waals surface area (Å²) < 4.78 is 4.64. The molecule has 1 aliphatic rings. The van der Waals surface area contributed by atoms with E-state index < -0.39 is 36.7 Å². The Hall–Kier alpha value is -2.16. The van der Waals surface area contributed by atoms with Crippen LogP contribution < -0.4 is 10.6 Å². The molecule has 20 heavy (non-hydrogen) atoms. The number of aromatic nitrogens is 1. The van der Waals surface area contributed by atoms with Gasteiger partial charge in [0.15, 0.2) is 0 Å². The summed E-state index contributed by atoms with van der Waals surface area (Å²) in [6, 6.07) is -0.818. The number of thiazole rings is 1. The van der Waals surface area contributed by atoms with E-state index in [0.29, 0.717) is 0 Å². The molecule has 8 nitrogen and oxygen atoms in total. The summed E-state index contributed by atoms with van der Waals surface area (Å²) >= 11 is 1.63. The lowest BCUT2D eigenvalue weighted by atomic mass is 10.2. The number of amides is 2. The summed E-state index contributed by atoms with van der Waals surface area (Å²) in [6.07, 6.45) is -1.26. The highest BCUT2D eigenvalue weighted by molar-refractivity contribution is 7.07. The number of alkyl carbamates (subject to hydrolysis) is 1. The van der Waals surface area contributed by atoms with E-state index in [1.54, 1.807) is 18.3 Å². The van der Waals surface area contributed by atoms with Gasteiger partial charge in [0.2, 0.25) is 5.91 Å². The number of cyclic esters (lactones) is 1. The minimum absolute atomic E-state index is 0.474. The van der Waals surface area contributed by atoms with Gasteiger partial charge in [0.05, 0.1) is 5.51 Å². The number of carbonyl (C=O) groups excluding carboxylic acids is 2. The lowest BCUT2D eigenvalue weighted by Gasteiger charge is -2.11. The molecule has 2 amide bonds. The highest BCUT2D eigenvalue weighted by Gasteiger charge is 2.35. The second kappa shape index (κ2) is 7.43. The maximum absolute atomic E-state index is 11.2. The summed E-state index contributed by atoms with van der Waals surface area (Å²) in [5.41, 5.74) is 2.94. The third kappa shape index (κ3) is 5.22. The van der Waals surface area contributed by atoms with Crippen molar-refractivity contribution in [1.82, 2.24) is 15.6 Å². The van der Waals surface area contributed by atoms with Crippen molar-refractivity contribution in [3.8, 4) is 0 Å². The number of ether oxygens (including phenoxy) is 1. The Labute approximate surface area is 119 Å². The summed E-state index contributed by atoms with van der Waals surface area (Å²) in [5, 5.41) is 14.7. The van der Waals surface area contributed by atoms with E-state index in [1.165, 1.54) is 0 Å². The first-order valence-electron chi connectivity index (χ1n) is 5.71. The number of carboxylic acid groups (broad SMARTS) is 1. The topological polar surface area (TPSA) is 118 Å². The standard InChI is InChI=1S/C7H10N2O5.C4H5NS/c1-3-5(9-7(13)14-3)6(12)8-2-4(10)11;1-4-2-6-3-5-4/h3,5H,2H2,1H3,(H,8,12)(H,9,13)(H,10,11);2-3H,1H3/t3-,5-;/m0./s1. The number of hydrogen-bond acceptors (Lipinski definition) is 6. The van der Waals surface area contributed by atoms with Crippen molar-refractivity contribution in [2.75, 3.05) is 6.54 Å². The molecule has 2 heterocycles. The average Bonchev–Trinajstić information content (AvgIpc) is 2.96. The lowest BCUT2D eigenvalue weighted by molar-refractivity contribution is -0.138. The van der Waals surface area contributed by atoms with Crippen LogP contribution in [0.3, 0.4) is 0 Å². The van der Waals surface area contributed by atoms with E-state index in [1.807, 2.05) is 17.8 Å². The molecule has 0 radical (unpaired) electrons. The first kappa shape index (κ1) is 15.9. The van der Waals surface area contributed by atoms with E-state index in [-0.39, 0.29) is 0 Å². The van der Waals surface area contributed by atoms with Gasteiger partial charge in [0.25, 0.3) is 0 Å². The van der Waals surface area contributed by atoms with Crippen molar-refractivity contribution < 1.29 is 24.2 Å². The van der Waals surface area contributed by atoms with Crippen molar-refractivity contribution in [2.45, 2.75) is 26.0 Å². The van der Waals surface area contributed by atoms with Gasteiger partial charge in [-0.1, -0.05) is 0 Å². The van der Waals surface area contributed by atoms with Gasteiger partial charge in [0, 0.05) is 11.1 Å². The number of nitrogens with one attached hydrogen (secondary N) is 2. The number of aliphatic carboxylic acids is 1. The molecule has 1 saturated heterocycles. The molecular formula is C11H15N3O5S. The molecule has 1 aromatic rings. The molecule has 0 saturated carbocycles. The van der Waals surface area contributed by atoms with E-state index in [4.69, 9.17) is 5.11 Å². The minimum Gasteiger partial charge on any atom is -0.480 e. The number of rotatable bonds is 3. The summed E-state index contributed by atoms with van der Waals surface area (Å²) in [7, 11) is 0. The number of aryl methyl sites for hydroxylation is 1. The van der Waals surface area contributed by atoms with E-state index in [0.717, 1.165) is 5.69 Å². The van der Waals surface area contributed by atoms with E-state index >= 15 is 0 Å². The number of carboxylic acids is 1.